The van der Waals surface area contributed by atoms with Crippen LogP contribution in [0.4, 0.5) is 0 Å². The molecule has 72 valence electrons. The zero-order chi connectivity index (χ0) is 9.80. The monoisotopic (exact) mass is 188 g/mol. The van der Waals surface area contributed by atoms with Gasteiger partial charge < -0.3 is 10.1 Å². The van der Waals surface area contributed by atoms with Crippen LogP contribution in [0.3, 0.4) is 0 Å². The molecule has 0 saturated carbocycles. The van der Waals surface area contributed by atoms with Gasteiger partial charge in [-0.2, -0.15) is 5.26 Å². The SMILES string of the molecule is N#Cc1ccccc1C1COCCN1. The first-order chi connectivity index (χ1) is 6.92. The van der Waals surface area contributed by atoms with Crippen LogP contribution in [0.1, 0.15) is 17.2 Å². The van der Waals surface area contributed by atoms with Crippen LogP contribution in [0.25, 0.3) is 0 Å². The van der Waals surface area contributed by atoms with E-state index in [9.17, 15) is 0 Å². The van der Waals surface area contributed by atoms with E-state index in [2.05, 4.69) is 11.4 Å². The molecule has 3 heteroatoms. The van der Waals surface area contributed by atoms with E-state index >= 15 is 0 Å². The highest BCUT2D eigenvalue weighted by Gasteiger charge is 2.17. The summed E-state index contributed by atoms with van der Waals surface area (Å²) in [4.78, 5) is 0. The Morgan fingerprint density at radius 2 is 2.29 bits per heavy atom. The van der Waals surface area contributed by atoms with Crippen LogP contribution >= 0.6 is 0 Å². The minimum absolute atomic E-state index is 0.166. The number of rotatable bonds is 1. The second kappa shape index (κ2) is 4.23. The second-order valence-electron chi connectivity index (χ2n) is 3.28. The van der Waals surface area contributed by atoms with Gasteiger partial charge in [0.05, 0.1) is 30.9 Å². The molecule has 1 unspecified atom stereocenters. The molecule has 2 rings (SSSR count). The number of hydrogen-bond donors (Lipinski definition) is 1. The van der Waals surface area contributed by atoms with E-state index < -0.39 is 0 Å². The van der Waals surface area contributed by atoms with Gasteiger partial charge in [-0.1, -0.05) is 18.2 Å². The van der Waals surface area contributed by atoms with E-state index in [1.807, 2.05) is 24.3 Å². The van der Waals surface area contributed by atoms with E-state index in [-0.39, 0.29) is 6.04 Å². The molecule has 1 atom stereocenters. The number of nitriles is 1. The normalized spacial score (nSPS) is 21.5. The molecule has 0 bridgehead atoms. The van der Waals surface area contributed by atoms with Gasteiger partial charge in [-0.05, 0) is 11.6 Å². The molecule has 3 nitrogen and oxygen atoms in total. The molecule has 1 fully saturated rings. The summed E-state index contributed by atoms with van der Waals surface area (Å²) in [6.07, 6.45) is 0. The molecule has 1 aromatic carbocycles. The Hall–Kier alpha value is -1.37. The molecule has 1 saturated heterocycles. The number of nitrogens with zero attached hydrogens (tertiary/aromatic N) is 1. The van der Waals surface area contributed by atoms with Crippen LogP contribution < -0.4 is 5.32 Å². The fraction of sp³-hybridized carbons (Fsp3) is 0.364. The average molecular weight is 188 g/mol. The number of morpholine rings is 1. The molecular formula is C11H12N2O. The van der Waals surface area contributed by atoms with Gasteiger partial charge in [0, 0.05) is 6.54 Å². The maximum atomic E-state index is 8.93. The Labute approximate surface area is 83.3 Å². The highest BCUT2D eigenvalue weighted by atomic mass is 16.5. The summed E-state index contributed by atoms with van der Waals surface area (Å²) in [5.74, 6) is 0. The number of ether oxygens (including phenoxy) is 1. The van der Waals surface area contributed by atoms with Crippen LogP contribution in [0.5, 0.6) is 0 Å². The molecule has 0 aromatic heterocycles. The lowest BCUT2D eigenvalue weighted by molar-refractivity contribution is 0.0768. The van der Waals surface area contributed by atoms with Crippen molar-refractivity contribution in [1.82, 2.24) is 5.32 Å². The van der Waals surface area contributed by atoms with Gasteiger partial charge in [-0.25, -0.2) is 0 Å². The first-order valence-electron chi connectivity index (χ1n) is 4.72. The smallest absolute Gasteiger partial charge is 0.0995 e. The molecule has 1 aliphatic heterocycles. The van der Waals surface area contributed by atoms with E-state index in [1.165, 1.54) is 0 Å². The van der Waals surface area contributed by atoms with E-state index in [0.29, 0.717) is 6.61 Å². The third-order valence-corrected chi connectivity index (χ3v) is 2.38. The quantitative estimate of drug-likeness (QED) is 0.720. The van der Waals surface area contributed by atoms with Gasteiger partial charge in [0.1, 0.15) is 0 Å². The Morgan fingerprint density at radius 1 is 1.43 bits per heavy atom. The van der Waals surface area contributed by atoms with Crippen molar-refractivity contribution in [2.75, 3.05) is 19.8 Å². The molecule has 0 amide bonds. The van der Waals surface area contributed by atoms with Gasteiger partial charge in [0.25, 0.3) is 0 Å². The van der Waals surface area contributed by atoms with Crippen LogP contribution in [0, 0.1) is 11.3 Å². The predicted molar refractivity (Wildman–Crippen MR) is 52.7 cm³/mol. The van der Waals surface area contributed by atoms with Crippen LogP contribution in [0.2, 0.25) is 0 Å². The zero-order valence-corrected chi connectivity index (χ0v) is 7.86. The maximum Gasteiger partial charge on any atom is 0.0995 e. The Morgan fingerprint density at radius 3 is 3.00 bits per heavy atom. The minimum atomic E-state index is 0.166. The largest absolute Gasteiger partial charge is 0.378 e. The summed E-state index contributed by atoms with van der Waals surface area (Å²) in [7, 11) is 0. The Balaban J connectivity index is 2.26. The molecule has 0 spiro atoms. The summed E-state index contributed by atoms with van der Waals surface area (Å²) in [5.41, 5.74) is 1.77. The Bertz CT molecular complexity index is 351. The topological polar surface area (TPSA) is 45.0 Å². The third kappa shape index (κ3) is 1.77. The molecule has 1 aromatic rings. The van der Waals surface area contributed by atoms with Gasteiger partial charge in [-0.3, -0.25) is 0 Å². The Kier molecular flexibility index (Phi) is 2.78. The molecular weight excluding hydrogens is 176 g/mol. The van der Waals surface area contributed by atoms with Crippen LogP contribution in [0.15, 0.2) is 24.3 Å². The van der Waals surface area contributed by atoms with Gasteiger partial charge >= 0.3 is 0 Å². The van der Waals surface area contributed by atoms with Crippen LogP contribution in [-0.2, 0) is 4.74 Å². The highest BCUT2D eigenvalue weighted by molar-refractivity contribution is 5.39. The van der Waals surface area contributed by atoms with E-state index in [0.717, 1.165) is 24.3 Å². The lowest BCUT2D eigenvalue weighted by atomic mass is 10.0. The molecule has 0 aliphatic carbocycles. The van der Waals surface area contributed by atoms with Crippen molar-refractivity contribution >= 4 is 0 Å². The van der Waals surface area contributed by atoms with Crippen molar-refractivity contribution in [3.8, 4) is 6.07 Å². The van der Waals surface area contributed by atoms with E-state index in [1.54, 1.807) is 0 Å². The lowest BCUT2D eigenvalue weighted by Gasteiger charge is -2.24. The third-order valence-electron chi connectivity index (χ3n) is 2.38. The minimum Gasteiger partial charge on any atom is -0.378 e. The standard InChI is InChI=1S/C11H12N2O/c12-7-9-3-1-2-4-10(9)11-8-14-6-5-13-11/h1-4,11,13H,5-6,8H2. The van der Waals surface area contributed by atoms with E-state index in [4.69, 9.17) is 10.00 Å². The number of benzene rings is 1. The number of hydrogen-bond acceptors (Lipinski definition) is 3. The highest BCUT2D eigenvalue weighted by Crippen LogP contribution is 2.19. The van der Waals surface area contributed by atoms with Crippen molar-refractivity contribution in [3.63, 3.8) is 0 Å². The molecule has 14 heavy (non-hydrogen) atoms. The van der Waals surface area contributed by atoms with Crippen molar-refractivity contribution in [1.29, 1.82) is 5.26 Å². The van der Waals surface area contributed by atoms with Gasteiger partial charge in [-0.15, -0.1) is 0 Å². The first-order valence-corrected chi connectivity index (χ1v) is 4.72. The predicted octanol–water partition coefficient (Wildman–Crippen LogP) is 1.22. The maximum absolute atomic E-state index is 8.93. The molecule has 1 aliphatic rings. The van der Waals surface area contributed by atoms with Gasteiger partial charge in [0.15, 0.2) is 0 Å². The fourth-order valence-corrected chi connectivity index (χ4v) is 1.67. The van der Waals surface area contributed by atoms with Crippen LogP contribution in [-0.4, -0.2) is 19.8 Å². The summed E-state index contributed by atoms with van der Waals surface area (Å²) in [6, 6.07) is 10.0. The fourth-order valence-electron chi connectivity index (χ4n) is 1.67. The van der Waals surface area contributed by atoms with Gasteiger partial charge in [0.2, 0.25) is 0 Å². The lowest BCUT2D eigenvalue weighted by Crippen LogP contribution is -2.34. The van der Waals surface area contributed by atoms with Crippen molar-refractivity contribution in [2.45, 2.75) is 6.04 Å². The second-order valence-corrected chi connectivity index (χ2v) is 3.28. The first kappa shape index (κ1) is 9.20. The molecule has 1 heterocycles. The zero-order valence-electron chi connectivity index (χ0n) is 7.86. The summed E-state index contributed by atoms with van der Waals surface area (Å²) < 4.78 is 5.36. The molecule has 1 N–H and O–H groups in total. The molecule has 0 radical (unpaired) electrons. The summed E-state index contributed by atoms with van der Waals surface area (Å²) >= 11 is 0. The van der Waals surface area contributed by atoms with Crippen molar-refractivity contribution in [3.05, 3.63) is 35.4 Å². The van der Waals surface area contributed by atoms with Crippen molar-refractivity contribution < 1.29 is 4.74 Å². The average Bonchev–Trinajstić information content (AvgIpc) is 2.30. The summed E-state index contributed by atoms with van der Waals surface area (Å²) in [6.45, 7) is 2.26. The number of nitrogens with one attached hydrogen (secondary N) is 1. The van der Waals surface area contributed by atoms with Crippen molar-refractivity contribution in [2.24, 2.45) is 0 Å². The summed E-state index contributed by atoms with van der Waals surface area (Å²) in [5, 5.41) is 12.3.